The van der Waals surface area contributed by atoms with Crippen LogP contribution in [-0.4, -0.2) is 44.4 Å². The van der Waals surface area contributed by atoms with Crippen molar-refractivity contribution in [1.82, 2.24) is 19.9 Å². The van der Waals surface area contributed by atoms with E-state index in [1.165, 1.54) is 23.1 Å². The summed E-state index contributed by atoms with van der Waals surface area (Å²) >= 11 is 0. The number of halogens is 1. The smallest absolute Gasteiger partial charge is 0.276 e. The van der Waals surface area contributed by atoms with Crippen LogP contribution in [0.4, 0.5) is 4.39 Å². The molecule has 6 nitrogen and oxygen atoms in total. The summed E-state index contributed by atoms with van der Waals surface area (Å²) < 4.78 is 13.0. The maximum Gasteiger partial charge on any atom is 0.276 e. The highest BCUT2D eigenvalue weighted by Crippen LogP contribution is 2.21. The lowest BCUT2D eigenvalue weighted by Gasteiger charge is -2.37. The Morgan fingerprint density at radius 1 is 1.35 bits per heavy atom. The number of amides is 1. The fraction of sp³-hybridized carbons (Fsp3) is 0.438. The molecule has 2 heterocycles. The standard InChI is InChI=1S/C16H20FN5O/c1-11(18)15-4-2-3-9-21(15)16(23)14-10-19-22(20-14)13-7-5-12(17)6-8-13/h5-8,10-11,15H,2-4,9,18H2,1H3/t11-,15+/m1/s1. The van der Waals surface area contributed by atoms with E-state index in [9.17, 15) is 9.18 Å². The maximum absolute atomic E-state index is 13.0. The van der Waals surface area contributed by atoms with Crippen molar-refractivity contribution in [1.29, 1.82) is 0 Å². The van der Waals surface area contributed by atoms with Gasteiger partial charge in [0.2, 0.25) is 0 Å². The number of piperidine rings is 1. The van der Waals surface area contributed by atoms with E-state index in [2.05, 4.69) is 10.2 Å². The van der Waals surface area contributed by atoms with Crippen LogP contribution in [0.15, 0.2) is 30.5 Å². The lowest BCUT2D eigenvalue weighted by molar-refractivity contribution is 0.0577. The summed E-state index contributed by atoms with van der Waals surface area (Å²) in [6.45, 7) is 2.61. The van der Waals surface area contributed by atoms with Crippen LogP contribution in [0.3, 0.4) is 0 Å². The molecule has 0 bridgehead atoms. The molecule has 0 saturated carbocycles. The summed E-state index contributed by atoms with van der Waals surface area (Å²) in [5, 5.41) is 8.34. The molecule has 0 aliphatic carbocycles. The van der Waals surface area contributed by atoms with Gasteiger partial charge in [0.25, 0.3) is 5.91 Å². The van der Waals surface area contributed by atoms with E-state index >= 15 is 0 Å². The molecule has 2 atom stereocenters. The summed E-state index contributed by atoms with van der Waals surface area (Å²) in [5.74, 6) is -0.481. The second-order valence-electron chi connectivity index (χ2n) is 5.92. The molecule has 1 aliphatic rings. The third-order valence-corrected chi connectivity index (χ3v) is 4.19. The Morgan fingerprint density at radius 2 is 2.09 bits per heavy atom. The van der Waals surface area contributed by atoms with E-state index in [0.717, 1.165) is 19.3 Å². The molecule has 1 amide bonds. The summed E-state index contributed by atoms with van der Waals surface area (Å²) in [7, 11) is 0. The van der Waals surface area contributed by atoms with Crippen molar-refractivity contribution in [2.45, 2.75) is 38.3 Å². The van der Waals surface area contributed by atoms with Crippen molar-refractivity contribution < 1.29 is 9.18 Å². The minimum Gasteiger partial charge on any atom is -0.333 e. The largest absolute Gasteiger partial charge is 0.333 e. The Kier molecular flexibility index (Phi) is 4.38. The van der Waals surface area contributed by atoms with Crippen LogP contribution in [-0.2, 0) is 0 Å². The number of hydrogen-bond acceptors (Lipinski definition) is 4. The van der Waals surface area contributed by atoms with Crippen LogP contribution in [0.2, 0.25) is 0 Å². The molecule has 122 valence electrons. The third-order valence-electron chi connectivity index (χ3n) is 4.19. The molecule has 1 aromatic heterocycles. The first-order chi connectivity index (χ1) is 11.1. The van der Waals surface area contributed by atoms with Gasteiger partial charge in [0.1, 0.15) is 5.82 Å². The van der Waals surface area contributed by atoms with E-state index in [1.54, 1.807) is 17.0 Å². The number of likely N-dealkylation sites (tertiary alicyclic amines) is 1. The molecule has 1 aromatic carbocycles. The highest BCUT2D eigenvalue weighted by molar-refractivity contribution is 5.92. The predicted octanol–water partition coefficient (Wildman–Crippen LogP) is 1.75. The molecular weight excluding hydrogens is 297 g/mol. The Hall–Kier alpha value is -2.28. The number of hydrogen-bond donors (Lipinski definition) is 1. The number of carbonyl (C=O) groups is 1. The van der Waals surface area contributed by atoms with Gasteiger partial charge < -0.3 is 10.6 Å². The average Bonchev–Trinajstić information content (AvgIpc) is 3.04. The molecule has 1 fully saturated rings. The van der Waals surface area contributed by atoms with Crippen LogP contribution in [0.1, 0.15) is 36.7 Å². The summed E-state index contributed by atoms with van der Waals surface area (Å²) in [5.41, 5.74) is 6.90. The van der Waals surface area contributed by atoms with Gasteiger partial charge in [0.15, 0.2) is 5.69 Å². The lowest BCUT2D eigenvalue weighted by Crippen LogP contribution is -2.51. The Labute approximate surface area is 134 Å². The molecular formula is C16H20FN5O. The van der Waals surface area contributed by atoms with E-state index in [1.807, 2.05) is 6.92 Å². The van der Waals surface area contributed by atoms with Crippen molar-refractivity contribution >= 4 is 5.91 Å². The highest BCUT2D eigenvalue weighted by Gasteiger charge is 2.31. The van der Waals surface area contributed by atoms with Gasteiger partial charge in [0, 0.05) is 18.6 Å². The Morgan fingerprint density at radius 3 is 2.78 bits per heavy atom. The Bertz CT molecular complexity index is 682. The van der Waals surface area contributed by atoms with Crippen LogP contribution in [0, 0.1) is 5.82 Å². The SMILES string of the molecule is C[C@@H](N)[C@@H]1CCCCN1C(=O)c1cnn(-c2ccc(F)cc2)n1. The third kappa shape index (κ3) is 3.24. The molecule has 1 saturated heterocycles. The number of benzene rings is 1. The second-order valence-corrected chi connectivity index (χ2v) is 5.92. The van der Waals surface area contributed by atoms with Gasteiger partial charge >= 0.3 is 0 Å². The zero-order valence-corrected chi connectivity index (χ0v) is 13.0. The van der Waals surface area contributed by atoms with Crippen molar-refractivity contribution in [2.24, 2.45) is 5.73 Å². The number of nitrogens with zero attached hydrogens (tertiary/aromatic N) is 4. The zero-order valence-electron chi connectivity index (χ0n) is 13.0. The number of carbonyl (C=O) groups excluding carboxylic acids is 1. The summed E-state index contributed by atoms with van der Waals surface area (Å²) in [4.78, 5) is 15.8. The minimum absolute atomic E-state index is 0.0345. The summed E-state index contributed by atoms with van der Waals surface area (Å²) in [6.07, 6.45) is 4.41. The Balaban J connectivity index is 1.81. The molecule has 0 unspecified atom stereocenters. The molecule has 2 aromatic rings. The van der Waals surface area contributed by atoms with Gasteiger partial charge in [-0.15, -0.1) is 5.10 Å². The van der Waals surface area contributed by atoms with Gasteiger partial charge in [-0.2, -0.15) is 9.90 Å². The number of rotatable bonds is 3. The van der Waals surface area contributed by atoms with Gasteiger partial charge in [-0.25, -0.2) is 4.39 Å². The first kappa shape index (κ1) is 15.6. The fourth-order valence-electron chi connectivity index (χ4n) is 2.96. The van der Waals surface area contributed by atoms with Crippen molar-refractivity contribution in [3.63, 3.8) is 0 Å². The number of nitrogens with two attached hydrogens (primary N) is 1. The topological polar surface area (TPSA) is 77.0 Å². The first-order valence-electron chi connectivity index (χ1n) is 7.81. The highest BCUT2D eigenvalue weighted by atomic mass is 19.1. The lowest BCUT2D eigenvalue weighted by atomic mass is 9.96. The van der Waals surface area contributed by atoms with E-state index in [-0.39, 0.29) is 29.5 Å². The van der Waals surface area contributed by atoms with Crippen LogP contribution >= 0.6 is 0 Å². The van der Waals surface area contributed by atoms with E-state index < -0.39 is 0 Å². The first-order valence-corrected chi connectivity index (χ1v) is 7.81. The monoisotopic (exact) mass is 317 g/mol. The van der Waals surface area contributed by atoms with E-state index in [4.69, 9.17) is 5.73 Å². The average molecular weight is 317 g/mol. The number of aromatic nitrogens is 3. The van der Waals surface area contributed by atoms with Crippen molar-refractivity contribution in [2.75, 3.05) is 6.54 Å². The van der Waals surface area contributed by atoms with Crippen molar-refractivity contribution in [3.8, 4) is 5.69 Å². The molecule has 2 N–H and O–H groups in total. The normalized spacial score (nSPS) is 19.6. The summed E-state index contributed by atoms with van der Waals surface area (Å²) in [6, 6.07) is 5.75. The molecule has 0 spiro atoms. The molecule has 23 heavy (non-hydrogen) atoms. The van der Waals surface area contributed by atoms with E-state index in [0.29, 0.717) is 12.2 Å². The molecule has 3 rings (SSSR count). The van der Waals surface area contributed by atoms with Crippen LogP contribution < -0.4 is 5.73 Å². The van der Waals surface area contributed by atoms with Crippen molar-refractivity contribution in [3.05, 3.63) is 42.0 Å². The quantitative estimate of drug-likeness (QED) is 0.935. The molecule has 0 radical (unpaired) electrons. The maximum atomic E-state index is 13.0. The van der Waals surface area contributed by atoms with Gasteiger partial charge in [0.05, 0.1) is 11.9 Å². The fourth-order valence-corrected chi connectivity index (χ4v) is 2.96. The van der Waals surface area contributed by atoms with Crippen LogP contribution in [0.25, 0.3) is 5.69 Å². The van der Waals surface area contributed by atoms with Crippen LogP contribution in [0.5, 0.6) is 0 Å². The minimum atomic E-state index is -0.328. The second kappa shape index (κ2) is 6.45. The van der Waals surface area contributed by atoms with Gasteiger partial charge in [-0.05, 0) is 50.5 Å². The molecule has 7 heteroatoms. The van der Waals surface area contributed by atoms with Gasteiger partial charge in [-0.1, -0.05) is 0 Å². The zero-order chi connectivity index (χ0) is 16.4. The molecule has 1 aliphatic heterocycles. The van der Waals surface area contributed by atoms with Gasteiger partial charge in [-0.3, -0.25) is 4.79 Å². The predicted molar refractivity (Wildman–Crippen MR) is 83.6 cm³/mol.